The lowest BCUT2D eigenvalue weighted by molar-refractivity contribution is 0.238. The third-order valence-corrected chi connectivity index (χ3v) is 3.21. The van der Waals surface area contributed by atoms with Crippen LogP contribution in [0.5, 0.6) is 0 Å². The zero-order chi connectivity index (χ0) is 13.8. The Morgan fingerprint density at radius 1 is 1.47 bits per heavy atom. The second-order valence-electron chi connectivity index (χ2n) is 4.58. The first kappa shape index (κ1) is 13.9. The molecule has 2 N–H and O–H groups in total. The molecule has 0 fully saturated rings. The Morgan fingerprint density at radius 2 is 2.26 bits per heavy atom. The Morgan fingerprint density at radius 3 is 3.00 bits per heavy atom. The number of pyridine rings is 1. The number of nitrogens with one attached hydrogen (secondary N) is 2. The second-order valence-corrected chi connectivity index (χ2v) is 5.33. The molecule has 0 saturated heterocycles. The van der Waals surface area contributed by atoms with Gasteiger partial charge in [-0.3, -0.25) is 0 Å². The number of hydrogen-bond donors (Lipinski definition) is 2. The van der Waals surface area contributed by atoms with Gasteiger partial charge in [0.25, 0.3) is 0 Å². The minimum absolute atomic E-state index is 0.140. The molecule has 0 atom stereocenters. The van der Waals surface area contributed by atoms with Gasteiger partial charge in [-0.1, -0.05) is 6.07 Å². The number of urea groups is 1. The van der Waals surface area contributed by atoms with E-state index < -0.39 is 0 Å². The number of rotatable bonds is 4. The molecule has 0 radical (unpaired) electrons. The van der Waals surface area contributed by atoms with E-state index in [2.05, 4.69) is 31.5 Å². The van der Waals surface area contributed by atoms with Gasteiger partial charge in [0.05, 0.1) is 5.52 Å². The van der Waals surface area contributed by atoms with Crippen molar-refractivity contribution in [3.63, 3.8) is 0 Å². The average Bonchev–Trinajstić information content (AvgIpc) is 2.66. The largest absolute Gasteiger partial charge is 0.338 e. The molecule has 0 aliphatic rings. The maximum absolute atomic E-state index is 11.5. The van der Waals surface area contributed by atoms with Crippen LogP contribution in [0.15, 0.2) is 29.0 Å². The molecule has 0 saturated carbocycles. The van der Waals surface area contributed by atoms with Gasteiger partial charge in [-0.05, 0) is 41.9 Å². The van der Waals surface area contributed by atoms with E-state index in [1.807, 2.05) is 42.6 Å². The van der Waals surface area contributed by atoms with Crippen molar-refractivity contribution >= 4 is 27.5 Å². The summed E-state index contributed by atoms with van der Waals surface area (Å²) in [6.45, 7) is 4.41. The molecule has 6 heteroatoms. The summed E-state index contributed by atoms with van der Waals surface area (Å²) in [6.07, 6.45) is 2.65. The molecule has 2 heterocycles. The van der Waals surface area contributed by atoms with E-state index in [1.54, 1.807) is 0 Å². The number of carbonyl (C=O) groups excluding carboxylic acids is 1. The topological polar surface area (TPSA) is 58.4 Å². The van der Waals surface area contributed by atoms with Gasteiger partial charge in [0, 0.05) is 25.2 Å². The van der Waals surface area contributed by atoms with Crippen LogP contribution in [0.1, 0.15) is 19.7 Å². The van der Waals surface area contributed by atoms with E-state index in [0.717, 1.165) is 15.9 Å². The van der Waals surface area contributed by atoms with Crippen LogP contribution in [0, 0.1) is 0 Å². The zero-order valence-electron chi connectivity index (χ0n) is 11.0. The van der Waals surface area contributed by atoms with Crippen molar-refractivity contribution in [2.75, 3.05) is 6.54 Å². The average molecular weight is 325 g/mol. The Balaban J connectivity index is 1.97. The lowest BCUT2D eigenvalue weighted by atomic mass is 10.4. The van der Waals surface area contributed by atoms with E-state index in [1.165, 1.54) is 0 Å². The number of fused-ring (bicyclic) bond motifs is 1. The highest BCUT2D eigenvalue weighted by atomic mass is 79.9. The summed E-state index contributed by atoms with van der Waals surface area (Å²) >= 11 is 3.44. The fourth-order valence-corrected chi connectivity index (χ4v) is 2.37. The van der Waals surface area contributed by atoms with Gasteiger partial charge in [0.2, 0.25) is 0 Å². The molecule has 2 rings (SSSR count). The second kappa shape index (κ2) is 6.06. The van der Waals surface area contributed by atoms with Crippen molar-refractivity contribution in [2.45, 2.75) is 26.3 Å². The summed E-state index contributed by atoms with van der Waals surface area (Å²) in [5, 5.41) is 5.60. The smallest absolute Gasteiger partial charge is 0.314 e. The first-order chi connectivity index (χ1) is 9.08. The van der Waals surface area contributed by atoms with E-state index in [9.17, 15) is 4.79 Å². The van der Waals surface area contributed by atoms with Crippen molar-refractivity contribution in [3.05, 3.63) is 34.8 Å². The molecule has 0 aromatic carbocycles. The number of carbonyl (C=O) groups is 1. The summed E-state index contributed by atoms with van der Waals surface area (Å²) < 4.78 is 2.85. The summed E-state index contributed by atoms with van der Waals surface area (Å²) in [5.41, 5.74) is 1.03. The van der Waals surface area contributed by atoms with E-state index in [-0.39, 0.29) is 12.1 Å². The van der Waals surface area contributed by atoms with Gasteiger partial charge < -0.3 is 15.0 Å². The molecule has 0 aliphatic heterocycles. The number of hydrogen-bond acceptors (Lipinski definition) is 2. The summed E-state index contributed by atoms with van der Waals surface area (Å²) in [7, 11) is 0. The molecule has 2 aromatic heterocycles. The van der Waals surface area contributed by atoms with Crippen LogP contribution in [0.25, 0.3) is 5.52 Å². The fraction of sp³-hybridized carbons (Fsp3) is 0.385. The fourth-order valence-electron chi connectivity index (χ4n) is 1.84. The van der Waals surface area contributed by atoms with Crippen LogP contribution in [-0.2, 0) is 6.42 Å². The normalized spacial score (nSPS) is 10.9. The van der Waals surface area contributed by atoms with Gasteiger partial charge in [-0.25, -0.2) is 9.78 Å². The Labute approximate surface area is 120 Å². The quantitative estimate of drug-likeness (QED) is 0.906. The molecule has 2 amide bonds. The lowest BCUT2D eigenvalue weighted by Crippen LogP contribution is -2.40. The molecule has 0 spiro atoms. The van der Waals surface area contributed by atoms with Crippen LogP contribution < -0.4 is 10.6 Å². The van der Waals surface area contributed by atoms with Crippen molar-refractivity contribution in [1.82, 2.24) is 20.0 Å². The summed E-state index contributed by atoms with van der Waals surface area (Å²) in [6, 6.07) is 5.93. The van der Waals surface area contributed by atoms with E-state index in [4.69, 9.17) is 0 Å². The molecule has 102 valence electrons. The van der Waals surface area contributed by atoms with Crippen molar-refractivity contribution in [2.24, 2.45) is 0 Å². The third-order valence-electron chi connectivity index (χ3n) is 2.63. The molecule has 0 aliphatic carbocycles. The van der Waals surface area contributed by atoms with Gasteiger partial charge in [0.1, 0.15) is 10.4 Å². The van der Waals surface area contributed by atoms with Crippen molar-refractivity contribution in [1.29, 1.82) is 0 Å². The van der Waals surface area contributed by atoms with E-state index in [0.29, 0.717) is 13.0 Å². The first-order valence-electron chi connectivity index (χ1n) is 6.23. The number of aromatic nitrogens is 2. The lowest BCUT2D eigenvalue weighted by Gasteiger charge is -2.09. The van der Waals surface area contributed by atoms with Crippen LogP contribution in [0.2, 0.25) is 0 Å². The van der Waals surface area contributed by atoms with Gasteiger partial charge in [-0.2, -0.15) is 0 Å². The van der Waals surface area contributed by atoms with Crippen LogP contribution in [0.4, 0.5) is 4.79 Å². The number of imidazole rings is 1. The summed E-state index contributed by atoms with van der Waals surface area (Å²) in [5.74, 6) is 0.923. The van der Waals surface area contributed by atoms with E-state index >= 15 is 0 Å². The SMILES string of the molecule is CC(C)NC(=O)NCCc1nc(Br)c2ccccn12. The number of amides is 2. The Kier molecular flexibility index (Phi) is 4.42. The molecule has 19 heavy (non-hydrogen) atoms. The zero-order valence-corrected chi connectivity index (χ0v) is 12.6. The Bertz CT molecular complexity index is 579. The van der Waals surface area contributed by atoms with Gasteiger partial charge in [0.15, 0.2) is 0 Å². The van der Waals surface area contributed by atoms with Crippen LogP contribution in [-0.4, -0.2) is 28.0 Å². The predicted molar refractivity (Wildman–Crippen MR) is 78.3 cm³/mol. The molecular weight excluding hydrogens is 308 g/mol. The highest BCUT2D eigenvalue weighted by Gasteiger charge is 2.08. The number of halogens is 1. The van der Waals surface area contributed by atoms with Crippen LogP contribution in [0.3, 0.4) is 0 Å². The number of nitrogens with zero attached hydrogens (tertiary/aromatic N) is 2. The molecule has 5 nitrogen and oxygen atoms in total. The van der Waals surface area contributed by atoms with Gasteiger partial charge >= 0.3 is 6.03 Å². The monoisotopic (exact) mass is 324 g/mol. The van der Waals surface area contributed by atoms with Gasteiger partial charge in [-0.15, -0.1) is 0 Å². The third kappa shape index (κ3) is 3.47. The minimum Gasteiger partial charge on any atom is -0.338 e. The maximum Gasteiger partial charge on any atom is 0.314 e. The van der Waals surface area contributed by atoms with Crippen molar-refractivity contribution < 1.29 is 4.79 Å². The molecule has 0 bridgehead atoms. The standard InChI is InChI=1S/C13H17BrN4O/c1-9(2)16-13(19)15-7-6-11-17-12(14)10-5-3-4-8-18(10)11/h3-5,8-9H,6-7H2,1-2H3,(H2,15,16,19). The van der Waals surface area contributed by atoms with Crippen molar-refractivity contribution in [3.8, 4) is 0 Å². The first-order valence-corrected chi connectivity index (χ1v) is 7.03. The predicted octanol–water partition coefficient (Wildman–Crippen LogP) is 2.35. The minimum atomic E-state index is -0.144. The highest BCUT2D eigenvalue weighted by Crippen LogP contribution is 2.18. The molecule has 0 unspecified atom stereocenters. The summed E-state index contributed by atoms with van der Waals surface area (Å²) in [4.78, 5) is 15.9. The Hall–Kier alpha value is -1.56. The maximum atomic E-state index is 11.5. The molecule has 2 aromatic rings. The molecular formula is C13H17BrN4O. The van der Waals surface area contributed by atoms with Crippen LogP contribution >= 0.6 is 15.9 Å². The highest BCUT2D eigenvalue weighted by molar-refractivity contribution is 9.10.